The molecule has 20 heavy (non-hydrogen) atoms. The van der Waals surface area contributed by atoms with Crippen LogP contribution in [0.1, 0.15) is 72.1 Å². The molecule has 0 spiro atoms. The van der Waals surface area contributed by atoms with Gasteiger partial charge >= 0.3 is 0 Å². The molecule has 0 amide bonds. The third-order valence-corrected chi connectivity index (χ3v) is 5.61. The van der Waals surface area contributed by atoms with Crippen LogP contribution >= 0.6 is 0 Å². The summed E-state index contributed by atoms with van der Waals surface area (Å²) in [7, 11) is 0. The Labute approximate surface area is 123 Å². The Balaban J connectivity index is 2.16. The maximum Gasteiger partial charge on any atom is 0.0879 e. The smallest absolute Gasteiger partial charge is 0.0879 e. The van der Waals surface area contributed by atoms with Crippen LogP contribution < -0.4 is 0 Å². The van der Waals surface area contributed by atoms with Crippen LogP contribution in [0.2, 0.25) is 0 Å². The Bertz CT molecular complexity index is 373. The van der Waals surface area contributed by atoms with Gasteiger partial charge in [-0.05, 0) is 37.5 Å². The molecule has 2 unspecified atom stereocenters. The summed E-state index contributed by atoms with van der Waals surface area (Å²) < 4.78 is 5.77. The lowest BCUT2D eigenvalue weighted by molar-refractivity contribution is -0.166. The van der Waals surface area contributed by atoms with Gasteiger partial charge in [-0.1, -0.05) is 27.2 Å². The topological polar surface area (TPSA) is 53.2 Å². The number of ether oxygens (including phenoxy) is 1. The molecule has 0 aromatic rings. The van der Waals surface area contributed by atoms with E-state index in [4.69, 9.17) is 4.74 Å². The Morgan fingerprint density at radius 2 is 1.85 bits per heavy atom. The van der Waals surface area contributed by atoms with Crippen LogP contribution in [0.15, 0.2) is 0 Å². The van der Waals surface area contributed by atoms with Crippen molar-refractivity contribution in [1.82, 2.24) is 0 Å². The average Bonchev–Trinajstić information content (AvgIpc) is 2.39. The highest BCUT2D eigenvalue weighted by Crippen LogP contribution is 2.53. The van der Waals surface area contributed by atoms with E-state index in [0.29, 0.717) is 24.9 Å². The summed E-state index contributed by atoms with van der Waals surface area (Å²) >= 11 is 0. The molecule has 0 aromatic heterocycles. The fraction of sp³-hybridized carbons (Fsp3) is 0.941. The third-order valence-electron chi connectivity index (χ3n) is 5.61. The van der Waals surface area contributed by atoms with Crippen LogP contribution in [0.3, 0.4) is 0 Å². The Morgan fingerprint density at radius 3 is 2.40 bits per heavy atom. The SMILES string of the molecule is CCCC1CC(O)(C2(C#N)CCC(C)(C)CC2)CCO1. The van der Waals surface area contributed by atoms with Gasteiger partial charge in [0.2, 0.25) is 0 Å². The lowest BCUT2D eigenvalue weighted by Gasteiger charge is -2.51. The molecule has 1 saturated heterocycles. The second-order valence-corrected chi connectivity index (χ2v) is 7.63. The maximum atomic E-state index is 11.2. The van der Waals surface area contributed by atoms with Crippen molar-refractivity contribution in [3.63, 3.8) is 0 Å². The van der Waals surface area contributed by atoms with E-state index in [-0.39, 0.29) is 6.10 Å². The van der Waals surface area contributed by atoms with E-state index in [0.717, 1.165) is 38.5 Å². The summed E-state index contributed by atoms with van der Waals surface area (Å²) in [5.74, 6) is 0. The van der Waals surface area contributed by atoms with Crippen molar-refractivity contribution < 1.29 is 9.84 Å². The van der Waals surface area contributed by atoms with E-state index in [1.807, 2.05) is 0 Å². The average molecular weight is 279 g/mol. The minimum absolute atomic E-state index is 0.124. The van der Waals surface area contributed by atoms with Gasteiger partial charge in [-0.15, -0.1) is 0 Å². The van der Waals surface area contributed by atoms with Crippen molar-refractivity contribution in [2.45, 2.75) is 83.8 Å². The summed E-state index contributed by atoms with van der Waals surface area (Å²) in [6.07, 6.45) is 7.12. The fourth-order valence-electron chi connectivity index (χ4n) is 3.91. The van der Waals surface area contributed by atoms with Gasteiger partial charge < -0.3 is 9.84 Å². The van der Waals surface area contributed by atoms with E-state index in [9.17, 15) is 10.4 Å². The Morgan fingerprint density at radius 1 is 1.20 bits per heavy atom. The van der Waals surface area contributed by atoms with Gasteiger partial charge in [-0.25, -0.2) is 0 Å². The van der Waals surface area contributed by atoms with Gasteiger partial charge in [0.05, 0.1) is 23.2 Å². The van der Waals surface area contributed by atoms with Crippen LogP contribution in [0.4, 0.5) is 0 Å². The third kappa shape index (κ3) is 2.87. The normalized spacial score (nSPS) is 36.2. The summed E-state index contributed by atoms with van der Waals surface area (Å²) in [6, 6.07) is 2.52. The van der Waals surface area contributed by atoms with Crippen LogP contribution in [0.5, 0.6) is 0 Å². The second-order valence-electron chi connectivity index (χ2n) is 7.63. The zero-order valence-corrected chi connectivity index (χ0v) is 13.2. The first-order chi connectivity index (χ1) is 9.36. The molecule has 114 valence electrons. The lowest BCUT2D eigenvalue weighted by atomic mass is 9.56. The molecular weight excluding hydrogens is 250 g/mol. The molecule has 3 nitrogen and oxygen atoms in total. The molecule has 0 aromatic carbocycles. The van der Waals surface area contributed by atoms with Crippen LogP contribution in [-0.2, 0) is 4.74 Å². The zero-order valence-electron chi connectivity index (χ0n) is 13.2. The molecule has 1 heterocycles. The highest BCUT2D eigenvalue weighted by Gasteiger charge is 2.55. The molecule has 2 rings (SSSR count). The molecule has 0 bridgehead atoms. The highest BCUT2D eigenvalue weighted by atomic mass is 16.5. The number of hydrogen-bond donors (Lipinski definition) is 1. The predicted octanol–water partition coefficient (Wildman–Crippen LogP) is 3.81. The van der Waals surface area contributed by atoms with Crippen LogP contribution in [-0.4, -0.2) is 23.4 Å². The molecular formula is C17H29NO2. The molecule has 1 saturated carbocycles. The highest BCUT2D eigenvalue weighted by molar-refractivity contribution is 5.15. The van der Waals surface area contributed by atoms with E-state index in [2.05, 4.69) is 26.8 Å². The summed E-state index contributed by atoms with van der Waals surface area (Å²) in [6.45, 7) is 7.26. The minimum Gasteiger partial charge on any atom is -0.388 e. The zero-order chi connectivity index (χ0) is 14.9. The van der Waals surface area contributed by atoms with Crippen LogP contribution in [0, 0.1) is 22.2 Å². The minimum atomic E-state index is -0.851. The maximum absolute atomic E-state index is 11.2. The molecule has 1 N–H and O–H groups in total. The van der Waals surface area contributed by atoms with Crippen molar-refractivity contribution >= 4 is 0 Å². The molecule has 1 aliphatic carbocycles. The van der Waals surface area contributed by atoms with Crippen molar-refractivity contribution in [1.29, 1.82) is 5.26 Å². The molecule has 2 atom stereocenters. The quantitative estimate of drug-likeness (QED) is 0.854. The van der Waals surface area contributed by atoms with Gasteiger partial charge in [0.1, 0.15) is 0 Å². The van der Waals surface area contributed by atoms with Gasteiger partial charge in [0.15, 0.2) is 0 Å². The van der Waals surface area contributed by atoms with E-state index in [1.165, 1.54) is 0 Å². The Hall–Kier alpha value is -0.590. The summed E-state index contributed by atoms with van der Waals surface area (Å²) in [4.78, 5) is 0. The predicted molar refractivity (Wildman–Crippen MR) is 79.1 cm³/mol. The van der Waals surface area contributed by atoms with Crippen molar-refractivity contribution in [2.75, 3.05) is 6.61 Å². The van der Waals surface area contributed by atoms with E-state index in [1.54, 1.807) is 0 Å². The molecule has 3 heteroatoms. The first kappa shape index (κ1) is 15.8. The summed E-state index contributed by atoms with van der Waals surface area (Å²) in [5.41, 5.74) is -1.10. The fourth-order valence-corrected chi connectivity index (χ4v) is 3.91. The molecule has 1 aliphatic heterocycles. The standard InChI is InChI=1S/C17H29NO2/c1-4-5-14-12-17(19,10-11-20-14)16(13-18)8-6-15(2,3)7-9-16/h14,19H,4-12H2,1-3H3. The van der Waals surface area contributed by atoms with Gasteiger partial charge in [0.25, 0.3) is 0 Å². The summed E-state index contributed by atoms with van der Waals surface area (Å²) in [5, 5.41) is 21.0. The monoisotopic (exact) mass is 279 g/mol. The second kappa shape index (κ2) is 5.66. The molecule has 0 radical (unpaired) electrons. The molecule has 2 aliphatic rings. The number of hydrogen-bond acceptors (Lipinski definition) is 3. The van der Waals surface area contributed by atoms with Crippen molar-refractivity contribution in [2.24, 2.45) is 10.8 Å². The number of aliphatic hydroxyl groups is 1. The van der Waals surface area contributed by atoms with Crippen molar-refractivity contribution in [3.05, 3.63) is 0 Å². The van der Waals surface area contributed by atoms with E-state index >= 15 is 0 Å². The Kier molecular flexibility index (Phi) is 4.47. The first-order valence-corrected chi connectivity index (χ1v) is 8.12. The van der Waals surface area contributed by atoms with E-state index < -0.39 is 11.0 Å². The van der Waals surface area contributed by atoms with Crippen LogP contribution in [0.25, 0.3) is 0 Å². The van der Waals surface area contributed by atoms with Crippen molar-refractivity contribution in [3.8, 4) is 6.07 Å². The number of nitriles is 1. The van der Waals surface area contributed by atoms with Gasteiger partial charge in [-0.3, -0.25) is 0 Å². The first-order valence-electron chi connectivity index (χ1n) is 8.12. The number of rotatable bonds is 3. The van der Waals surface area contributed by atoms with Gasteiger partial charge in [-0.2, -0.15) is 5.26 Å². The molecule has 2 fully saturated rings. The largest absolute Gasteiger partial charge is 0.388 e. The lowest BCUT2D eigenvalue weighted by Crippen LogP contribution is -2.55. The van der Waals surface area contributed by atoms with Gasteiger partial charge in [0, 0.05) is 19.4 Å². The number of nitrogens with zero attached hydrogens (tertiary/aromatic N) is 1.